The van der Waals surface area contributed by atoms with E-state index in [9.17, 15) is 0 Å². The minimum atomic E-state index is -0.0357. The van der Waals surface area contributed by atoms with E-state index in [1.165, 1.54) is 84.5 Å². The zero-order valence-corrected chi connectivity index (χ0v) is 34.3. The second-order valence-corrected chi connectivity index (χ2v) is 15.8. The van der Waals surface area contributed by atoms with Crippen molar-refractivity contribution >= 4 is 51.3 Å². The molecule has 2 nitrogen and oxygen atoms in total. The maximum absolute atomic E-state index is 4.98. The van der Waals surface area contributed by atoms with E-state index in [2.05, 4.69) is 247 Å². The molecule has 0 radical (unpaired) electrons. The fourth-order valence-electron chi connectivity index (χ4n) is 8.61. The van der Waals surface area contributed by atoms with Crippen LogP contribution in [0.3, 0.4) is 0 Å². The maximum atomic E-state index is 4.98. The normalized spacial score (nSPS) is 14.2. The molecule has 0 fully saturated rings. The van der Waals surface area contributed by atoms with Gasteiger partial charge in [-0.15, -0.1) is 0 Å². The van der Waals surface area contributed by atoms with Gasteiger partial charge in [0.1, 0.15) is 0 Å². The summed E-state index contributed by atoms with van der Waals surface area (Å²) in [6, 6.07) is 82.5. The summed E-state index contributed by atoms with van der Waals surface area (Å²) >= 11 is 1.43. The van der Waals surface area contributed by atoms with Gasteiger partial charge in [-0.05, 0) is 83.5 Å². The average molecular weight is 799 g/mol. The number of allylic oxidation sites excluding steroid dienone is 2. The van der Waals surface area contributed by atoms with Crippen molar-refractivity contribution in [3.05, 3.63) is 298 Å². The van der Waals surface area contributed by atoms with Gasteiger partial charge in [-0.2, -0.15) is 0 Å². The minimum Gasteiger partial charge on any atom is -0.231 e. The molecule has 1 unspecified atom stereocenters. The average Bonchev–Trinajstić information content (AvgIpc) is 3.85. The third kappa shape index (κ3) is 7.81. The standard InChI is InChI=1S/C58H42N2S/c1-7-19-43(20-8-1)53(44-21-9-2-10-22-44)55(47-27-15-5-16-28-47)49-35-31-41(32-36-49)51-39-40-52(58-57(51)59-61-60-58)42-33-37-50(38-34-42)56(48-29-17-6-18-30-48)54(45-23-11-3-12-24-45)46-25-13-4-14-26-46/h1-40,57,59H. The van der Waals surface area contributed by atoms with Crippen LogP contribution in [0.2, 0.25) is 0 Å². The van der Waals surface area contributed by atoms with Crippen LogP contribution in [0.4, 0.5) is 0 Å². The van der Waals surface area contributed by atoms with Crippen molar-refractivity contribution in [1.29, 1.82) is 0 Å². The van der Waals surface area contributed by atoms with Gasteiger partial charge in [0.05, 0.1) is 23.9 Å². The highest BCUT2D eigenvalue weighted by Crippen LogP contribution is 2.41. The fourth-order valence-corrected chi connectivity index (χ4v) is 9.31. The van der Waals surface area contributed by atoms with Gasteiger partial charge in [-0.1, -0.05) is 243 Å². The van der Waals surface area contributed by atoms with Crippen LogP contribution < -0.4 is 4.72 Å². The van der Waals surface area contributed by atoms with E-state index in [-0.39, 0.29) is 6.04 Å². The van der Waals surface area contributed by atoms with Gasteiger partial charge in [-0.25, -0.2) is 9.12 Å². The van der Waals surface area contributed by atoms with E-state index in [1.54, 1.807) is 0 Å². The number of hydrogen-bond acceptors (Lipinski definition) is 3. The fraction of sp³-hybridized carbons (Fsp3) is 0.0172. The predicted molar refractivity (Wildman–Crippen MR) is 259 cm³/mol. The highest BCUT2D eigenvalue weighted by atomic mass is 32.2. The molecule has 0 bridgehead atoms. The summed E-state index contributed by atoms with van der Waals surface area (Å²) in [6.07, 6.45) is 4.51. The molecule has 0 aromatic heterocycles. The van der Waals surface area contributed by atoms with Gasteiger partial charge in [0.2, 0.25) is 0 Å². The third-order valence-electron chi connectivity index (χ3n) is 11.5. The quantitative estimate of drug-likeness (QED) is 0.110. The molecule has 8 aromatic carbocycles. The molecule has 0 saturated carbocycles. The second kappa shape index (κ2) is 17.5. The molecule has 1 N–H and O–H groups in total. The van der Waals surface area contributed by atoms with Gasteiger partial charge >= 0.3 is 0 Å². The lowest BCUT2D eigenvalue weighted by molar-refractivity contribution is 1.03. The Labute approximate surface area is 363 Å². The van der Waals surface area contributed by atoms with Gasteiger partial charge in [-0.3, -0.25) is 0 Å². The van der Waals surface area contributed by atoms with Crippen LogP contribution >= 0.6 is 12.1 Å². The molecule has 1 aliphatic carbocycles. The Kier molecular flexibility index (Phi) is 10.9. The highest BCUT2D eigenvalue weighted by Gasteiger charge is 2.32. The second-order valence-electron chi connectivity index (χ2n) is 15.2. The molecular weight excluding hydrogens is 757 g/mol. The van der Waals surface area contributed by atoms with E-state index in [1.807, 2.05) is 0 Å². The Morgan fingerprint density at radius 1 is 0.328 bits per heavy atom. The van der Waals surface area contributed by atoms with Gasteiger partial charge in [0, 0.05) is 5.57 Å². The molecule has 1 atom stereocenters. The molecule has 1 heterocycles. The Morgan fingerprint density at radius 2 is 0.623 bits per heavy atom. The number of fused-ring (bicyclic) bond motifs is 1. The van der Waals surface area contributed by atoms with Crippen molar-refractivity contribution in [3.8, 4) is 0 Å². The highest BCUT2D eigenvalue weighted by molar-refractivity contribution is 7.96. The van der Waals surface area contributed by atoms with Gasteiger partial charge in [0.25, 0.3) is 0 Å². The molecule has 0 spiro atoms. The van der Waals surface area contributed by atoms with Crippen LogP contribution in [-0.2, 0) is 0 Å². The van der Waals surface area contributed by atoms with Crippen molar-refractivity contribution in [1.82, 2.24) is 4.72 Å². The SMILES string of the molecule is C1=C(c2ccc(C(=C(c3ccccc3)c3ccccc3)c3ccccc3)cc2)C2=NSNC2C(c2ccc(C(=C(c3ccccc3)c3ccccc3)c3ccccc3)cc2)=C1. The van der Waals surface area contributed by atoms with Crippen molar-refractivity contribution in [2.24, 2.45) is 4.40 Å². The molecule has 8 aromatic rings. The Bertz CT molecular complexity index is 2850. The first kappa shape index (κ1) is 37.9. The molecule has 61 heavy (non-hydrogen) atoms. The number of nitrogens with zero attached hydrogens (tertiary/aromatic N) is 1. The summed E-state index contributed by atoms with van der Waals surface area (Å²) in [4.78, 5) is 0. The molecule has 1 aliphatic heterocycles. The van der Waals surface area contributed by atoms with Gasteiger partial charge < -0.3 is 0 Å². The first-order valence-electron chi connectivity index (χ1n) is 20.7. The van der Waals surface area contributed by atoms with Crippen molar-refractivity contribution < 1.29 is 0 Å². The molecule has 10 rings (SSSR count). The summed E-state index contributed by atoms with van der Waals surface area (Å²) in [5.74, 6) is 0. The molecule has 0 amide bonds. The predicted octanol–water partition coefficient (Wildman–Crippen LogP) is 14.2. The molecular formula is C58H42N2S. The number of nitrogens with one attached hydrogen (secondary N) is 1. The van der Waals surface area contributed by atoms with Crippen LogP contribution in [0.15, 0.2) is 247 Å². The van der Waals surface area contributed by atoms with Crippen LogP contribution in [0, 0.1) is 0 Å². The summed E-state index contributed by atoms with van der Waals surface area (Å²) in [5.41, 5.74) is 19.9. The molecule has 3 heteroatoms. The first-order valence-corrected chi connectivity index (χ1v) is 21.5. The topological polar surface area (TPSA) is 24.4 Å². The number of rotatable bonds is 10. The lowest BCUT2D eigenvalue weighted by atomic mass is 9.82. The summed E-state index contributed by atoms with van der Waals surface area (Å²) < 4.78 is 8.60. The van der Waals surface area contributed by atoms with Crippen molar-refractivity contribution in [3.63, 3.8) is 0 Å². The summed E-state index contributed by atoms with van der Waals surface area (Å²) in [7, 11) is 0. The van der Waals surface area contributed by atoms with E-state index < -0.39 is 0 Å². The van der Waals surface area contributed by atoms with Gasteiger partial charge in [0.15, 0.2) is 0 Å². The summed E-state index contributed by atoms with van der Waals surface area (Å²) in [6.45, 7) is 0. The largest absolute Gasteiger partial charge is 0.231 e. The Balaban J connectivity index is 1.03. The van der Waals surface area contributed by atoms with E-state index in [0.717, 1.165) is 22.4 Å². The number of hydrogen-bond donors (Lipinski definition) is 1. The zero-order valence-electron chi connectivity index (χ0n) is 33.5. The lowest BCUT2D eigenvalue weighted by Crippen LogP contribution is -2.31. The third-order valence-corrected chi connectivity index (χ3v) is 12.1. The van der Waals surface area contributed by atoms with Crippen LogP contribution in [0.25, 0.3) is 33.4 Å². The minimum absolute atomic E-state index is 0.0357. The lowest BCUT2D eigenvalue weighted by Gasteiger charge is -2.24. The van der Waals surface area contributed by atoms with E-state index in [0.29, 0.717) is 0 Å². The monoisotopic (exact) mass is 798 g/mol. The van der Waals surface area contributed by atoms with E-state index in [4.69, 9.17) is 4.40 Å². The number of benzene rings is 8. The molecule has 290 valence electrons. The maximum Gasteiger partial charge on any atom is 0.0879 e. The Morgan fingerprint density at radius 3 is 0.951 bits per heavy atom. The molecule has 2 aliphatic rings. The zero-order chi connectivity index (χ0) is 40.8. The smallest absolute Gasteiger partial charge is 0.0879 e. The van der Waals surface area contributed by atoms with Crippen LogP contribution in [-0.4, -0.2) is 11.8 Å². The van der Waals surface area contributed by atoms with Crippen molar-refractivity contribution in [2.75, 3.05) is 0 Å². The summed E-state index contributed by atoms with van der Waals surface area (Å²) in [5, 5.41) is 0. The van der Waals surface area contributed by atoms with E-state index >= 15 is 0 Å². The Hall–Kier alpha value is -7.30. The van der Waals surface area contributed by atoms with Crippen LogP contribution in [0.5, 0.6) is 0 Å². The van der Waals surface area contributed by atoms with Crippen LogP contribution in [0.1, 0.15) is 55.6 Å². The van der Waals surface area contributed by atoms with Crippen molar-refractivity contribution in [2.45, 2.75) is 6.04 Å². The molecule has 0 saturated heterocycles. The first-order chi connectivity index (χ1) is 30.3.